The summed E-state index contributed by atoms with van der Waals surface area (Å²) in [5.74, 6) is -0.953. The van der Waals surface area contributed by atoms with Crippen molar-refractivity contribution in [3.8, 4) is 11.5 Å². The lowest BCUT2D eigenvalue weighted by Gasteiger charge is -2.40. The molecule has 0 fully saturated rings. The van der Waals surface area contributed by atoms with Crippen LogP contribution in [0.25, 0.3) is 0 Å². The Morgan fingerprint density at radius 3 is 2.20 bits per heavy atom. The number of carbonyl (C=O) groups excluding carboxylic acids is 2. The summed E-state index contributed by atoms with van der Waals surface area (Å²) in [6.07, 6.45) is 0. The van der Waals surface area contributed by atoms with E-state index in [1.54, 1.807) is 37.4 Å². The molecule has 2 unspecified atom stereocenters. The fraction of sp³-hybridized carbons (Fsp3) is 0.286. The van der Waals surface area contributed by atoms with Crippen LogP contribution in [0.5, 0.6) is 11.5 Å². The van der Waals surface area contributed by atoms with Crippen LogP contribution < -0.4 is 14.8 Å². The van der Waals surface area contributed by atoms with Crippen molar-refractivity contribution in [3.05, 3.63) is 88.7 Å². The highest BCUT2D eigenvalue weighted by atomic mass is 19.1. The monoisotopic (exact) mass is 476 g/mol. The van der Waals surface area contributed by atoms with Crippen molar-refractivity contribution in [1.82, 2.24) is 4.90 Å². The van der Waals surface area contributed by atoms with Gasteiger partial charge in [0.25, 0.3) is 5.91 Å². The van der Waals surface area contributed by atoms with E-state index in [0.29, 0.717) is 34.2 Å². The van der Waals surface area contributed by atoms with Crippen LogP contribution in [0.1, 0.15) is 58.8 Å². The lowest BCUT2D eigenvalue weighted by atomic mass is 9.79. The number of hydrogen-bond donors (Lipinski definition) is 1. The van der Waals surface area contributed by atoms with Gasteiger partial charge in [0.2, 0.25) is 5.91 Å². The van der Waals surface area contributed by atoms with Gasteiger partial charge in [0.1, 0.15) is 5.82 Å². The van der Waals surface area contributed by atoms with E-state index in [4.69, 9.17) is 9.47 Å². The Bertz CT molecular complexity index is 1260. The number of halogens is 1. The molecule has 0 spiro atoms. The van der Waals surface area contributed by atoms with Crippen molar-refractivity contribution in [3.63, 3.8) is 0 Å². The zero-order valence-corrected chi connectivity index (χ0v) is 20.5. The van der Waals surface area contributed by atoms with E-state index in [-0.39, 0.29) is 17.4 Å². The summed E-state index contributed by atoms with van der Waals surface area (Å²) < 4.78 is 25.8. The van der Waals surface area contributed by atoms with E-state index in [1.165, 1.54) is 25.2 Å². The lowest BCUT2D eigenvalue weighted by molar-refractivity contribution is -0.119. The summed E-state index contributed by atoms with van der Waals surface area (Å²) in [7, 11) is 4.55. The molecule has 3 aromatic carbocycles. The molecule has 4 rings (SSSR count). The Kier molecular flexibility index (Phi) is 6.78. The summed E-state index contributed by atoms with van der Waals surface area (Å²) in [6.45, 7) is 4.19. The molecule has 0 bridgehead atoms. The van der Waals surface area contributed by atoms with Gasteiger partial charge in [-0.3, -0.25) is 9.59 Å². The molecule has 1 heterocycles. The first-order valence-corrected chi connectivity index (χ1v) is 11.4. The van der Waals surface area contributed by atoms with E-state index in [1.807, 2.05) is 24.3 Å². The van der Waals surface area contributed by atoms with Crippen molar-refractivity contribution < 1.29 is 23.5 Å². The second-order valence-electron chi connectivity index (χ2n) is 8.92. The highest BCUT2D eigenvalue weighted by Crippen LogP contribution is 2.46. The maximum Gasteiger partial charge on any atom is 0.254 e. The number of anilines is 1. The SMILES string of the molecule is COc1cc2c(cc1OC)C(C(=O)Nc1ccc(C(C)C)cc1)C(c1ccccc1F)N(C)C2=O. The van der Waals surface area contributed by atoms with Crippen LogP contribution in [0.2, 0.25) is 0 Å². The number of hydrogen-bond acceptors (Lipinski definition) is 4. The molecule has 1 aliphatic rings. The third kappa shape index (κ3) is 4.46. The molecular weight excluding hydrogens is 447 g/mol. The van der Waals surface area contributed by atoms with E-state index < -0.39 is 17.8 Å². The molecule has 0 radical (unpaired) electrons. The van der Waals surface area contributed by atoms with Crippen LogP contribution >= 0.6 is 0 Å². The highest BCUT2D eigenvalue weighted by Gasteiger charge is 2.44. The van der Waals surface area contributed by atoms with Gasteiger partial charge in [0.15, 0.2) is 11.5 Å². The molecule has 3 aromatic rings. The first-order valence-electron chi connectivity index (χ1n) is 11.4. The maximum atomic E-state index is 15.0. The normalized spacial score (nSPS) is 17.2. The molecule has 7 heteroatoms. The fourth-order valence-electron chi connectivity index (χ4n) is 4.61. The van der Waals surface area contributed by atoms with Gasteiger partial charge in [0, 0.05) is 23.9 Å². The summed E-state index contributed by atoms with van der Waals surface area (Å²) >= 11 is 0. The van der Waals surface area contributed by atoms with Gasteiger partial charge in [0.05, 0.1) is 26.2 Å². The zero-order valence-electron chi connectivity index (χ0n) is 20.5. The Morgan fingerprint density at radius 1 is 0.971 bits per heavy atom. The predicted molar refractivity (Wildman–Crippen MR) is 133 cm³/mol. The highest BCUT2D eigenvalue weighted by molar-refractivity contribution is 6.05. The summed E-state index contributed by atoms with van der Waals surface area (Å²) in [5, 5.41) is 2.97. The van der Waals surface area contributed by atoms with Gasteiger partial charge in [-0.05, 0) is 47.4 Å². The van der Waals surface area contributed by atoms with Crippen LogP contribution in [0.15, 0.2) is 60.7 Å². The van der Waals surface area contributed by atoms with Crippen molar-refractivity contribution in [2.75, 3.05) is 26.6 Å². The average Bonchev–Trinajstić information content (AvgIpc) is 2.86. The van der Waals surface area contributed by atoms with E-state index in [2.05, 4.69) is 19.2 Å². The number of carbonyl (C=O) groups is 2. The molecular formula is C28H29FN2O4. The number of fused-ring (bicyclic) bond motifs is 1. The number of ether oxygens (including phenoxy) is 2. The van der Waals surface area contributed by atoms with Crippen molar-refractivity contribution in [2.45, 2.75) is 31.7 Å². The van der Waals surface area contributed by atoms with Crippen molar-refractivity contribution in [1.29, 1.82) is 0 Å². The summed E-state index contributed by atoms with van der Waals surface area (Å²) in [4.78, 5) is 28.6. The minimum atomic E-state index is -0.894. The molecule has 1 aliphatic heterocycles. The van der Waals surface area contributed by atoms with Gasteiger partial charge in [-0.25, -0.2) is 4.39 Å². The number of amides is 2. The average molecular weight is 477 g/mol. The second kappa shape index (κ2) is 9.78. The van der Waals surface area contributed by atoms with E-state index in [0.717, 1.165) is 5.56 Å². The minimum Gasteiger partial charge on any atom is -0.493 e. The quantitative estimate of drug-likeness (QED) is 0.509. The van der Waals surface area contributed by atoms with Gasteiger partial charge in [-0.15, -0.1) is 0 Å². The number of benzene rings is 3. The Balaban J connectivity index is 1.85. The van der Waals surface area contributed by atoms with Gasteiger partial charge < -0.3 is 19.7 Å². The number of nitrogens with one attached hydrogen (secondary N) is 1. The van der Waals surface area contributed by atoms with E-state index in [9.17, 15) is 14.0 Å². The third-order valence-electron chi connectivity index (χ3n) is 6.53. The molecule has 2 amide bonds. The molecule has 0 aliphatic carbocycles. The Labute approximate surface area is 204 Å². The third-order valence-corrected chi connectivity index (χ3v) is 6.53. The molecule has 35 heavy (non-hydrogen) atoms. The molecule has 2 atom stereocenters. The van der Waals surface area contributed by atoms with Crippen LogP contribution in [-0.4, -0.2) is 38.0 Å². The number of rotatable bonds is 6. The number of nitrogens with zero attached hydrogens (tertiary/aromatic N) is 1. The van der Waals surface area contributed by atoms with Crippen LogP contribution in [-0.2, 0) is 4.79 Å². The molecule has 0 saturated heterocycles. The second-order valence-corrected chi connectivity index (χ2v) is 8.92. The molecule has 1 N–H and O–H groups in total. The fourth-order valence-corrected chi connectivity index (χ4v) is 4.61. The van der Waals surface area contributed by atoms with Crippen LogP contribution in [0.4, 0.5) is 10.1 Å². The van der Waals surface area contributed by atoms with Crippen LogP contribution in [0, 0.1) is 5.82 Å². The molecule has 0 saturated carbocycles. The first-order chi connectivity index (χ1) is 16.8. The van der Waals surface area contributed by atoms with Crippen molar-refractivity contribution >= 4 is 17.5 Å². The van der Waals surface area contributed by atoms with Crippen molar-refractivity contribution in [2.24, 2.45) is 0 Å². The predicted octanol–water partition coefficient (Wildman–Crippen LogP) is 5.52. The number of likely N-dealkylation sites (N-methyl/N-ethyl adjacent to an activating group) is 1. The summed E-state index contributed by atoms with van der Waals surface area (Å²) in [6, 6.07) is 16.2. The topological polar surface area (TPSA) is 67.9 Å². The smallest absolute Gasteiger partial charge is 0.254 e. The number of methoxy groups -OCH3 is 2. The van der Waals surface area contributed by atoms with Gasteiger partial charge >= 0.3 is 0 Å². The maximum absolute atomic E-state index is 15.0. The van der Waals surface area contributed by atoms with Gasteiger partial charge in [-0.2, -0.15) is 0 Å². The molecule has 182 valence electrons. The van der Waals surface area contributed by atoms with E-state index >= 15 is 0 Å². The molecule has 0 aromatic heterocycles. The largest absolute Gasteiger partial charge is 0.493 e. The van der Waals surface area contributed by atoms with Crippen LogP contribution in [0.3, 0.4) is 0 Å². The first kappa shape index (κ1) is 24.3. The Hall–Kier alpha value is -3.87. The Morgan fingerprint density at radius 2 is 1.60 bits per heavy atom. The standard InChI is InChI=1S/C28H29FN2O4/c1-16(2)17-10-12-18(13-11-17)30-27(32)25-20-14-23(34-4)24(35-5)15-21(20)28(33)31(3)26(25)19-8-6-7-9-22(19)29/h6-16,25-26H,1-5H3,(H,30,32). The minimum absolute atomic E-state index is 0.263. The zero-order chi connectivity index (χ0) is 25.3. The molecule has 6 nitrogen and oxygen atoms in total. The lowest BCUT2D eigenvalue weighted by Crippen LogP contribution is -2.44. The summed E-state index contributed by atoms with van der Waals surface area (Å²) in [5.41, 5.74) is 2.80. The van der Waals surface area contributed by atoms with Gasteiger partial charge in [-0.1, -0.05) is 44.2 Å².